The third kappa shape index (κ3) is 2.77. The first-order valence-corrected chi connectivity index (χ1v) is 7.09. The lowest BCUT2D eigenvalue weighted by atomic mass is 10.3. The van der Waals surface area contributed by atoms with E-state index in [-0.39, 0.29) is 9.37 Å². The Morgan fingerprint density at radius 3 is 2.46 bits per heavy atom. The highest BCUT2D eigenvalue weighted by molar-refractivity contribution is 14.1. The van der Waals surface area contributed by atoms with Crippen LogP contribution < -0.4 is 0 Å². The minimum absolute atomic E-state index is 0.251. The Morgan fingerprint density at radius 2 is 2.00 bits per heavy atom. The fraction of sp³-hybridized carbons (Fsp3) is 0. The van der Waals surface area contributed by atoms with E-state index in [1.807, 2.05) is 0 Å². The Balaban J connectivity index is 3.56. The fourth-order valence-corrected chi connectivity index (χ4v) is 3.57. The highest BCUT2D eigenvalue weighted by Crippen LogP contribution is 2.30. The summed E-state index contributed by atoms with van der Waals surface area (Å²) in [4.78, 5) is -0.251. The Kier molecular flexibility index (Phi) is 3.59. The van der Waals surface area contributed by atoms with Crippen LogP contribution >= 0.6 is 49.2 Å². The first kappa shape index (κ1) is 11.7. The van der Waals surface area contributed by atoms with Crippen molar-refractivity contribution in [3.8, 4) is 0 Å². The summed E-state index contributed by atoms with van der Waals surface area (Å²) in [5.41, 5.74) is 0. The molecule has 0 aliphatic rings. The van der Waals surface area contributed by atoms with E-state index < -0.39 is 14.9 Å². The SMILES string of the molecule is O=S(=O)(Cl)c1cc(F)cc(I)c1Br. The van der Waals surface area contributed by atoms with Crippen molar-refractivity contribution in [2.24, 2.45) is 0 Å². The molecular weight excluding hydrogens is 397 g/mol. The monoisotopic (exact) mass is 398 g/mol. The van der Waals surface area contributed by atoms with E-state index in [0.717, 1.165) is 6.07 Å². The standard InChI is InChI=1S/C6H2BrClFIO2S/c7-6-4(10)1-3(9)2-5(6)13(8,11)12/h1-2H. The minimum atomic E-state index is -3.90. The second-order valence-corrected chi connectivity index (χ2v) is 6.63. The molecule has 0 heterocycles. The van der Waals surface area contributed by atoms with Gasteiger partial charge in [-0.3, -0.25) is 0 Å². The minimum Gasteiger partial charge on any atom is -0.207 e. The van der Waals surface area contributed by atoms with Crippen LogP contribution in [0.15, 0.2) is 21.5 Å². The van der Waals surface area contributed by atoms with Gasteiger partial charge >= 0.3 is 0 Å². The second-order valence-electron chi connectivity index (χ2n) is 2.14. The summed E-state index contributed by atoms with van der Waals surface area (Å²) in [6.45, 7) is 0. The lowest BCUT2D eigenvalue weighted by Gasteiger charge is -2.02. The van der Waals surface area contributed by atoms with Crippen LogP contribution in [0.3, 0.4) is 0 Å². The fourth-order valence-electron chi connectivity index (χ4n) is 0.710. The molecule has 1 aromatic carbocycles. The van der Waals surface area contributed by atoms with Crippen LogP contribution in [0.1, 0.15) is 0 Å². The molecule has 0 atom stereocenters. The Bertz CT molecular complexity index is 448. The smallest absolute Gasteiger partial charge is 0.207 e. The summed E-state index contributed by atoms with van der Waals surface area (Å²) >= 11 is 4.82. The molecular formula is C6H2BrClFIO2S. The van der Waals surface area contributed by atoms with Crippen LogP contribution in [0.2, 0.25) is 0 Å². The Hall–Kier alpha value is 0.600. The summed E-state index contributed by atoms with van der Waals surface area (Å²) in [6, 6.07) is 2.07. The van der Waals surface area contributed by atoms with Crippen molar-refractivity contribution >= 4 is 58.3 Å². The molecule has 1 aromatic rings. The van der Waals surface area contributed by atoms with Crippen LogP contribution in [0.25, 0.3) is 0 Å². The molecule has 0 aromatic heterocycles. The van der Waals surface area contributed by atoms with Crippen LogP contribution in [-0.2, 0) is 9.05 Å². The predicted octanol–water partition coefficient (Wildman–Crippen LogP) is 3.12. The molecule has 0 spiro atoms. The molecule has 0 amide bonds. The molecule has 0 saturated carbocycles. The molecule has 1 rings (SSSR count). The van der Waals surface area contributed by atoms with E-state index in [2.05, 4.69) is 15.9 Å². The first-order valence-electron chi connectivity index (χ1n) is 2.91. The summed E-state index contributed by atoms with van der Waals surface area (Å²) in [5, 5.41) is 0. The normalized spacial score (nSPS) is 11.7. The molecule has 0 radical (unpaired) electrons. The summed E-state index contributed by atoms with van der Waals surface area (Å²) in [7, 11) is 1.18. The van der Waals surface area contributed by atoms with E-state index in [9.17, 15) is 12.8 Å². The molecule has 0 unspecified atom stereocenters. The predicted molar refractivity (Wildman–Crippen MR) is 59.9 cm³/mol. The van der Waals surface area contributed by atoms with Crippen molar-refractivity contribution in [3.63, 3.8) is 0 Å². The van der Waals surface area contributed by atoms with Crippen LogP contribution in [0, 0.1) is 9.39 Å². The van der Waals surface area contributed by atoms with Gasteiger partial charge in [0, 0.05) is 14.3 Å². The zero-order valence-electron chi connectivity index (χ0n) is 5.89. The summed E-state index contributed by atoms with van der Waals surface area (Å²) in [5.74, 6) is -0.633. The largest absolute Gasteiger partial charge is 0.262 e. The van der Waals surface area contributed by atoms with Crippen molar-refractivity contribution in [2.45, 2.75) is 4.90 Å². The lowest BCUT2D eigenvalue weighted by Crippen LogP contribution is -1.95. The summed E-state index contributed by atoms with van der Waals surface area (Å²) in [6.07, 6.45) is 0. The van der Waals surface area contributed by atoms with Crippen molar-refractivity contribution in [1.82, 2.24) is 0 Å². The van der Waals surface area contributed by atoms with Gasteiger partial charge in [-0.25, -0.2) is 12.8 Å². The molecule has 7 heteroatoms. The van der Waals surface area contributed by atoms with E-state index in [4.69, 9.17) is 10.7 Å². The molecule has 0 fully saturated rings. The molecule has 13 heavy (non-hydrogen) atoms. The second kappa shape index (κ2) is 4.00. The maximum Gasteiger partial charge on any atom is 0.262 e. The first-order chi connectivity index (χ1) is 5.82. The molecule has 2 nitrogen and oxygen atoms in total. The van der Waals surface area contributed by atoms with E-state index in [1.165, 1.54) is 6.07 Å². The average Bonchev–Trinajstić information content (AvgIpc) is 1.94. The maximum absolute atomic E-state index is 12.8. The van der Waals surface area contributed by atoms with Gasteiger partial charge in [-0.1, -0.05) is 0 Å². The maximum atomic E-state index is 12.8. The summed E-state index contributed by atoms with van der Waals surface area (Å²) < 4.78 is 35.4. The number of rotatable bonds is 1. The van der Waals surface area contributed by atoms with E-state index in [0.29, 0.717) is 3.57 Å². The molecule has 72 valence electrons. The Morgan fingerprint density at radius 1 is 1.46 bits per heavy atom. The van der Waals surface area contributed by atoms with Crippen LogP contribution in [-0.4, -0.2) is 8.42 Å². The third-order valence-corrected chi connectivity index (χ3v) is 5.28. The zero-order valence-corrected chi connectivity index (χ0v) is 11.2. The van der Waals surface area contributed by atoms with Crippen molar-refractivity contribution in [1.29, 1.82) is 0 Å². The van der Waals surface area contributed by atoms with Gasteiger partial charge in [-0.05, 0) is 50.7 Å². The number of halogens is 4. The molecule has 0 N–H and O–H groups in total. The van der Waals surface area contributed by atoms with Gasteiger partial charge in [0.05, 0.1) is 4.47 Å². The lowest BCUT2D eigenvalue weighted by molar-refractivity contribution is 0.601. The van der Waals surface area contributed by atoms with E-state index >= 15 is 0 Å². The van der Waals surface area contributed by atoms with Crippen LogP contribution in [0.5, 0.6) is 0 Å². The van der Waals surface area contributed by atoms with Gasteiger partial charge in [-0.2, -0.15) is 0 Å². The molecule has 0 aliphatic carbocycles. The quantitative estimate of drug-likeness (QED) is 0.413. The van der Waals surface area contributed by atoms with Crippen molar-refractivity contribution in [3.05, 3.63) is 26.0 Å². The highest BCUT2D eigenvalue weighted by atomic mass is 127. The average molecular weight is 399 g/mol. The molecule has 0 saturated heterocycles. The third-order valence-electron chi connectivity index (χ3n) is 1.22. The Labute approximate surface area is 101 Å². The van der Waals surface area contributed by atoms with Gasteiger partial charge < -0.3 is 0 Å². The number of hydrogen-bond donors (Lipinski definition) is 0. The zero-order chi connectivity index (χ0) is 10.2. The number of hydrogen-bond acceptors (Lipinski definition) is 2. The van der Waals surface area contributed by atoms with Gasteiger partial charge in [0.15, 0.2) is 0 Å². The van der Waals surface area contributed by atoms with Gasteiger partial charge in [-0.15, -0.1) is 0 Å². The van der Waals surface area contributed by atoms with Crippen LogP contribution in [0.4, 0.5) is 4.39 Å². The van der Waals surface area contributed by atoms with Gasteiger partial charge in [0.2, 0.25) is 0 Å². The topological polar surface area (TPSA) is 34.1 Å². The molecule has 0 aliphatic heterocycles. The van der Waals surface area contributed by atoms with Gasteiger partial charge in [0.1, 0.15) is 10.7 Å². The molecule has 0 bridgehead atoms. The van der Waals surface area contributed by atoms with Crippen molar-refractivity contribution < 1.29 is 12.8 Å². The van der Waals surface area contributed by atoms with Crippen molar-refractivity contribution in [2.75, 3.05) is 0 Å². The van der Waals surface area contributed by atoms with Gasteiger partial charge in [0.25, 0.3) is 9.05 Å². The highest BCUT2D eigenvalue weighted by Gasteiger charge is 2.17. The number of benzene rings is 1. The van der Waals surface area contributed by atoms with E-state index in [1.54, 1.807) is 22.6 Å².